The summed E-state index contributed by atoms with van der Waals surface area (Å²) in [4.78, 5) is 0.0848. The molecule has 0 amide bonds. The van der Waals surface area contributed by atoms with Crippen molar-refractivity contribution in [1.29, 1.82) is 5.26 Å². The molecule has 6 nitrogen and oxygen atoms in total. The molecule has 1 heterocycles. The molecule has 8 heteroatoms. The summed E-state index contributed by atoms with van der Waals surface area (Å²) in [5.41, 5.74) is 6.15. The molecule has 23 heavy (non-hydrogen) atoms. The molecule has 0 aromatic heterocycles. The number of piperidine rings is 1. The van der Waals surface area contributed by atoms with Crippen molar-refractivity contribution in [3.05, 3.63) is 23.8 Å². The Bertz CT molecular complexity index is 688. The Morgan fingerprint density at radius 3 is 2.74 bits per heavy atom. The summed E-state index contributed by atoms with van der Waals surface area (Å²) in [6.07, 6.45) is 1.79. The minimum absolute atomic E-state index is 0. The van der Waals surface area contributed by atoms with E-state index in [1.165, 1.54) is 29.6 Å². The van der Waals surface area contributed by atoms with Crippen LogP contribution in [0.1, 0.15) is 25.3 Å². The Morgan fingerprint density at radius 2 is 2.17 bits per heavy atom. The van der Waals surface area contributed by atoms with Gasteiger partial charge in [-0.15, -0.1) is 12.4 Å². The average molecular weight is 360 g/mol. The third kappa shape index (κ3) is 3.78. The molecule has 1 fully saturated rings. The number of nitriles is 1. The molecule has 2 unspecified atom stereocenters. The monoisotopic (exact) mass is 359 g/mol. The molecule has 2 atom stereocenters. The van der Waals surface area contributed by atoms with Crippen LogP contribution in [-0.2, 0) is 10.0 Å². The number of hydrogen-bond acceptors (Lipinski definition) is 5. The summed E-state index contributed by atoms with van der Waals surface area (Å²) in [6.45, 7) is 2.77. The maximum absolute atomic E-state index is 13.0. The second-order valence-electron chi connectivity index (χ2n) is 5.52. The van der Waals surface area contributed by atoms with Gasteiger partial charge in [-0.05, 0) is 37.0 Å². The van der Waals surface area contributed by atoms with Gasteiger partial charge in [0.15, 0.2) is 0 Å². The second kappa shape index (κ2) is 7.97. The highest BCUT2D eigenvalue weighted by molar-refractivity contribution is 7.89. The predicted octanol–water partition coefficient (Wildman–Crippen LogP) is 1.74. The minimum Gasteiger partial charge on any atom is -0.495 e. The van der Waals surface area contributed by atoms with Crippen molar-refractivity contribution in [1.82, 2.24) is 4.31 Å². The number of halogens is 1. The maximum atomic E-state index is 13.0. The molecule has 0 aliphatic carbocycles. The van der Waals surface area contributed by atoms with E-state index >= 15 is 0 Å². The van der Waals surface area contributed by atoms with E-state index in [1.54, 1.807) is 0 Å². The quantitative estimate of drug-likeness (QED) is 0.883. The van der Waals surface area contributed by atoms with Crippen molar-refractivity contribution < 1.29 is 13.2 Å². The van der Waals surface area contributed by atoms with Crippen molar-refractivity contribution in [3.63, 3.8) is 0 Å². The highest BCUT2D eigenvalue weighted by Gasteiger charge is 2.37. The molecule has 0 saturated carbocycles. The molecule has 1 aromatic rings. The summed E-state index contributed by atoms with van der Waals surface area (Å²) >= 11 is 0. The zero-order chi connectivity index (χ0) is 16.3. The third-order valence-electron chi connectivity index (χ3n) is 4.19. The van der Waals surface area contributed by atoms with E-state index in [2.05, 4.69) is 0 Å². The number of hydrogen-bond donors (Lipinski definition) is 1. The molecule has 1 aliphatic rings. The first-order chi connectivity index (χ1) is 10.5. The minimum atomic E-state index is -3.71. The van der Waals surface area contributed by atoms with E-state index in [9.17, 15) is 8.42 Å². The number of methoxy groups -OCH3 is 1. The zero-order valence-electron chi connectivity index (χ0n) is 13.2. The molecular formula is C15H22ClN3O3S. The van der Waals surface area contributed by atoms with Crippen LogP contribution in [0.3, 0.4) is 0 Å². The van der Waals surface area contributed by atoms with E-state index in [0.717, 1.165) is 12.8 Å². The fourth-order valence-electron chi connectivity index (χ4n) is 2.94. The first-order valence-corrected chi connectivity index (χ1v) is 8.69. The number of sulfonamides is 1. The maximum Gasteiger partial charge on any atom is 0.247 e. The fourth-order valence-corrected chi connectivity index (χ4v) is 4.84. The lowest BCUT2D eigenvalue weighted by Gasteiger charge is -2.38. The van der Waals surface area contributed by atoms with Gasteiger partial charge >= 0.3 is 0 Å². The molecule has 1 aliphatic heterocycles. The molecule has 0 spiro atoms. The summed E-state index contributed by atoms with van der Waals surface area (Å²) in [6, 6.07) is 6.13. The van der Waals surface area contributed by atoms with Gasteiger partial charge in [0.25, 0.3) is 0 Å². The first-order valence-electron chi connectivity index (χ1n) is 7.25. The van der Waals surface area contributed by atoms with Crippen LogP contribution in [0.5, 0.6) is 5.75 Å². The van der Waals surface area contributed by atoms with Crippen molar-refractivity contribution in [3.8, 4) is 11.8 Å². The highest BCUT2D eigenvalue weighted by Crippen LogP contribution is 2.33. The smallest absolute Gasteiger partial charge is 0.247 e. The zero-order valence-corrected chi connectivity index (χ0v) is 14.9. The standard InChI is InChI=1S/C15H21N3O3S.ClH/c1-11-4-3-7-18(13(11)10-17)22(19,20)15-6-5-12(9-16)8-14(15)21-2;/h5-6,8,11,13H,3-4,7,10,17H2,1-2H3;1H. The lowest BCUT2D eigenvalue weighted by Crippen LogP contribution is -2.51. The third-order valence-corrected chi connectivity index (χ3v) is 6.15. The Hall–Kier alpha value is -1.33. The van der Waals surface area contributed by atoms with Gasteiger partial charge in [-0.3, -0.25) is 0 Å². The van der Waals surface area contributed by atoms with Gasteiger partial charge < -0.3 is 10.5 Å². The lowest BCUT2D eigenvalue weighted by molar-refractivity contribution is 0.192. The fraction of sp³-hybridized carbons (Fsp3) is 0.533. The normalized spacial score (nSPS) is 22.0. The molecule has 1 saturated heterocycles. The SMILES string of the molecule is COc1cc(C#N)ccc1S(=O)(=O)N1CCCC(C)C1CN.Cl. The summed E-state index contributed by atoms with van der Waals surface area (Å²) < 4.78 is 32.6. The number of benzene rings is 1. The summed E-state index contributed by atoms with van der Waals surface area (Å²) in [5, 5.41) is 8.93. The molecular weight excluding hydrogens is 338 g/mol. The van der Waals surface area contributed by atoms with Crippen molar-refractivity contribution >= 4 is 22.4 Å². The van der Waals surface area contributed by atoms with Crippen LogP contribution >= 0.6 is 12.4 Å². The van der Waals surface area contributed by atoms with Crippen LogP contribution in [0.15, 0.2) is 23.1 Å². The van der Waals surface area contributed by atoms with Crippen LogP contribution in [0, 0.1) is 17.2 Å². The Morgan fingerprint density at radius 1 is 1.48 bits per heavy atom. The van der Waals surface area contributed by atoms with Crippen LogP contribution in [0.4, 0.5) is 0 Å². The van der Waals surface area contributed by atoms with Gasteiger partial charge in [0, 0.05) is 19.1 Å². The number of nitrogens with two attached hydrogens (primary N) is 1. The van der Waals surface area contributed by atoms with Crippen molar-refractivity contribution in [2.75, 3.05) is 20.2 Å². The molecule has 1 aromatic carbocycles. The topological polar surface area (TPSA) is 96.4 Å². The van der Waals surface area contributed by atoms with E-state index < -0.39 is 10.0 Å². The largest absolute Gasteiger partial charge is 0.495 e. The predicted molar refractivity (Wildman–Crippen MR) is 90.1 cm³/mol. The van der Waals surface area contributed by atoms with Crippen molar-refractivity contribution in [2.24, 2.45) is 11.7 Å². The van der Waals surface area contributed by atoms with E-state index in [-0.39, 0.29) is 35.0 Å². The Balaban J connectivity index is 0.00000264. The van der Waals surface area contributed by atoms with E-state index in [1.807, 2.05) is 13.0 Å². The van der Waals surface area contributed by atoms with Crippen LogP contribution in [-0.4, -0.2) is 39.0 Å². The van der Waals surface area contributed by atoms with E-state index in [0.29, 0.717) is 18.7 Å². The second-order valence-corrected chi connectivity index (χ2v) is 7.37. The van der Waals surface area contributed by atoms with Gasteiger partial charge in [-0.2, -0.15) is 9.57 Å². The molecule has 0 bridgehead atoms. The van der Waals surface area contributed by atoms with Gasteiger partial charge in [-0.25, -0.2) is 8.42 Å². The van der Waals surface area contributed by atoms with Crippen molar-refractivity contribution in [2.45, 2.75) is 30.7 Å². The summed E-state index contributed by atoms with van der Waals surface area (Å²) in [5.74, 6) is 0.408. The number of ether oxygens (including phenoxy) is 1. The number of nitrogens with zero attached hydrogens (tertiary/aromatic N) is 2. The summed E-state index contributed by atoms with van der Waals surface area (Å²) in [7, 11) is -2.31. The number of rotatable bonds is 4. The molecule has 2 rings (SSSR count). The van der Waals surface area contributed by atoms with Gasteiger partial charge in [0.1, 0.15) is 10.6 Å². The van der Waals surface area contributed by atoms with Crippen LogP contribution in [0.2, 0.25) is 0 Å². The van der Waals surface area contributed by atoms with E-state index in [4.69, 9.17) is 15.7 Å². The molecule has 2 N–H and O–H groups in total. The van der Waals surface area contributed by atoms with Gasteiger partial charge in [0.05, 0.1) is 18.7 Å². The van der Waals surface area contributed by atoms with Gasteiger partial charge in [-0.1, -0.05) is 6.92 Å². The average Bonchev–Trinajstić information content (AvgIpc) is 2.53. The van der Waals surface area contributed by atoms with Crippen LogP contribution < -0.4 is 10.5 Å². The highest BCUT2D eigenvalue weighted by atomic mass is 35.5. The first kappa shape index (κ1) is 19.7. The van der Waals surface area contributed by atoms with Crippen LogP contribution in [0.25, 0.3) is 0 Å². The lowest BCUT2D eigenvalue weighted by atomic mass is 9.93. The molecule has 0 radical (unpaired) electrons. The Kier molecular flexibility index (Phi) is 6.84. The Labute approximate surface area is 143 Å². The van der Waals surface area contributed by atoms with Gasteiger partial charge in [0.2, 0.25) is 10.0 Å². The molecule has 128 valence electrons.